The van der Waals surface area contributed by atoms with Gasteiger partial charge in [-0.15, -0.1) is 0 Å². The van der Waals surface area contributed by atoms with Crippen molar-refractivity contribution in [1.82, 2.24) is 9.80 Å². The van der Waals surface area contributed by atoms with Gasteiger partial charge in [0.1, 0.15) is 9.84 Å². The van der Waals surface area contributed by atoms with E-state index >= 15 is 0 Å². The van der Waals surface area contributed by atoms with Gasteiger partial charge in [-0.25, -0.2) is 8.42 Å². The third-order valence-corrected chi connectivity index (χ3v) is 5.14. The molecule has 0 unspecified atom stereocenters. The first-order valence-electron chi connectivity index (χ1n) is 6.58. The second-order valence-electron chi connectivity index (χ2n) is 4.80. The van der Waals surface area contributed by atoms with Crippen LogP contribution in [-0.2, 0) is 9.84 Å². The van der Waals surface area contributed by atoms with Crippen LogP contribution in [0.5, 0.6) is 0 Å². The lowest BCUT2D eigenvalue weighted by Crippen LogP contribution is -2.49. The molecule has 0 radical (unpaired) electrons. The van der Waals surface area contributed by atoms with E-state index in [1.54, 1.807) is 6.92 Å². The van der Waals surface area contributed by atoms with Crippen LogP contribution in [0.2, 0.25) is 0 Å². The van der Waals surface area contributed by atoms with E-state index in [9.17, 15) is 8.42 Å². The Labute approximate surface area is 115 Å². The van der Waals surface area contributed by atoms with Gasteiger partial charge in [0.2, 0.25) is 0 Å². The van der Waals surface area contributed by atoms with Gasteiger partial charge in [0.25, 0.3) is 0 Å². The lowest BCUT2D eigenvalue weighted by atomic mass is 10.3. The first kappa shape index (κ1) is 16.2. The van der Waals surface area contributed by atoms with Crippen LogP contribution in [0, 0.1) is 0 Å². The van der Waals surface area contributed by atoms with Gasteiger partial charge in [0.15, 0.2) is 5.84 Å². The van der Waals surface area contributed by atoms with Crippen molar-refractivity contribution in [2.45, 2.75) is 13.3 Å². The number of rotatable bonds is 7. The van der Waals surface area contributed by atoms with Gasteiger partial charge in [-0.1, -0.05) is 12.1 Å². The van der Waals surface area contributed by atoms with Crippen molar-refractivity contribution in [2.24, 2.45) is 10.9 Å². The van der Waals surface area contributed by atoms with Gasteiger partial charge in [0.05, 0.1) is 12.3 Å². The Hall–Kier alpha value is -0.860. The number of piperazine rings is 1. The van der Waals surface area contributed by atoms with Crippen LogP contribution in [0.1, 0.15) is 13.3 Å². The Balaban J connectivity index is 2.20. The van der Waals surface area contributed by atoms with Crippen molar-refractivity contribution in [3.8, 4) is 0 Å². The molecule has 0 bridgehead atoms. The molecule has 0 aromatic carbocycles. The lowest BCUT2D eigenvalue weighted by molar-refractivity contribution is 0.145. The fourth-order valence-electron chi connectivity index (χ4n) is 2.08. The van der Waals surface area contributed by atoms with Crippen molar-refractivity contribution >= 4 is 15.7 Å². The summed E-state index contributed by atoms with van der Waals surface area (Å²) in [5, 5.41) is 11.5. The minimum atomic E-state index is -2.85. The summed E-state index contributed by atoms with van der Waals surface area (Å²) in [5.41, 5.74) is 5.46. The van der Waals surface area contributed by atoms with Gasteiger partial charge in [-0.3, -0.25) is 4.90 Å². The molecule has 8 heteroatoms. The Morgan fingerprint density at radius 3 is 2.37 bits per heavy atom. The van der Waals surface area contributed by atoms with Gasteiger partial charge in [-0.2, -0.15) is 0 Å². The van der Waals surface area contributed by atoms with Crippen LogP contribution < -0.4 is 5.73 Å². The van der Waals surface area contributed by atoms with Crippen LogP contribution >= 0.6 is 0 Å². The monoisotopic (exact) mass is 292 g/mol. The molecule has 0 saturated carbocycles. The van der Waals surface area contributed by atoms with E-state index < -0.39 is 9.84 Å². The summed E-state index contributed by atoms with van der Waals surface area (Å²) >= 11 is 0. The molecule has 0 aliphatic carbocycles. The standard InChI is InChI=1S/C11H24N4O3S/c1-2-19(17,18)9-3-4-14-5-7-15(8-6-14)10-11(12)13-16/h16H,2-10H2,1H3,(H2,12,13). The summed E-state index contributed by atoms with van der Waals surface area (Å²) in [7, 11) is -2.85. The summed E-state index contributed by atoms with van der Waals surface area (Å²) < 4.78 is 22.7. The van der Waals surface area contributed by atoms with Crippen LogP contribution in [0.3, 0.4) is 0 Å². The normalized spacial score (nSPS) is 19.7. The summed E-state index contributed by atoms with van der Waals surface area (Å²) in [5.74, 6) is 0.719. The summed E-state index contributed by atoms with van der Waals surface area (Å²) in [6, 6.07) is 0. The van der Waals surface area contributed by atoms with E-state index in [0.717, 1.165) is 32.7 Å². The molecule has 7 nitrogen and oxygen atoms in total. The second kappa shape index (κ2) is 7.66. The molecule has 1 saturated heterocycles. The van der Waals surface area contributed by atoms with Gasteiger partial charge < -0.3 is 15.8 Å². The summed E-state index contributed by atoms with van der Waals surface area (Å²) in [6.07, 6.45) is 0.691. The molecule has 0 aromatic heterocycles. The number of hydrogen-bond acceptors (Lipinski definition) is 6. The number of sulfone groups is 1. The molecule has 1 aliphatic rings. The molecule has 1 rings (SSSR count). The van der Waals surface area contributed by atoms with Gasteiger partial charge >= 0.3 is 0 Å². The molecular formula is C11H24N4O3S. The maximum absolute atomic E-state index is 11.4. The number of nitrogens with two attached hydrogens (primary N) is 1. The predicted molar refractivity (Wildman–Crippen MR) is 75.2 cm³/mol. The Bertz CT molecular complexity index is 389. The average Bonchev–Trinajstić information content (AvgIpc) is 2.40. The predicted octanol–water partition coefficient (Wildman–Crippen LogP) is -0.825. The fraction of sp³-hybridized carbons (Fsp3) is 0.909. The number of oxime groups is 1. The minimum absolute atomic E-state index is 0.223. The van der Waals surface area contributed by atoms with Crippen molar-refractivity contribution in [1.29, 1.82) is 0 Å². The van der Waals surface area contributed by atoms with Gasteiger partial charge in [-0.05, 0) is 13.0 Å². The molecule has 1 heterocycles. The highest BCUT2D eigenvalue weighted by Crippen LogP contribution is 2.03. The molecule has 0 amide bonds. The van der Waals surface area contributed by atoms with Crippen LogP contribution in [0.25, 0.3) is 0 Å². The summed E-state index contributed by atoms with van der Waals surface area (Å²) in [6.45, 7) is 6.48. The average molecular weight is 292 g/mol. The molecule has 0 atom stereocenters. The Kier molecular flexibility index (Phi) is 6.53. The van der Waals surface area contributed by atoms with Crippen LogP contribution in [0.4, 0.5) is 0 Å². The molecule has 3 N–H and O–H groups in total. The van der Waals surface area contributed by atoms with E-state index in [2.05, 4.69) is 15.0 Å². The van der Waals surface area contributed by atoms with Crippen molar-refractivity contribution in [2.75, 3.05) is 50.8 Å². The zero-order valence-electron chi connectivity index (χ0n) is 11.5. The molecule has 0 spiro atoms. The zero-order chi connectivity index (χ0) is 14.3. The first-order chi connectivity index (χ1) is 8.96. The van der Waals surface area contributed by atoms with Crippen molar-refractivity contribution < 1.29 is 13.6 Å². The minimum Gasteiger partial charge on any atom is -0.409 e. The number of nitrogens with zero attached hydrogens (tertiary/aromatic N) is 3. The topological polar surface area (TPSA) is 99.2 Å². The first-order valence-corrected chi connectivity index (χ1v) is 8.40. The van der Waals surface area contributed by atoms with Crippen molar-refractivity contribution in [3.05, 3.63) is 0 Å². The highest BCUT2D eigenvalue weighted by Gasteiger charge is 2.18. The summed E-state index contributed by atoms with van der Waals surface area (Å²) in [4.78, 5) is 4.38. The molecular weight excluding hydrogens is 268 g/mol. The smallest absolute Gasteiger partial charge is 0.153 e. The van der Waals surface area contributed by atoms with E-state index in [0.29, 0.717) is 13.0 Å². The van der Waals surface area contributed by atoms with Crippen molar-refractivity contribution in [3.63, 3.8) is 0 Å². The molecule has 1 fully saturated rings. The van der Waals surface area contributed by atoms with E-state index in [-0.39, 0.29) is 17.3 Å². The molecule has 1 aliphatic heterocycles. The highest BCUT2D eigenvalue weighted by molar-refractivity contribution is 7.91. The van der Waals surface area contributed by atoms with E-state index in [1.807, 2.05) is 0 Å². The van der Waals surface area contributed by atoms with E-state index in [4.69, 9.17) is 10.9 Å². The quantitative estimate of drug-likeness (QED) is 0.275. The van der Waals surface area contributed by atoms with Gasteiger partial charge in [0, 0.05) is 31.9 Å². The number of hydrogen-bond donors (Lipinski definition) is 2. The lowest BCUT2D eigenvalue weighted by Gasteiger charge is -2.34. The maximum atomic E-state index is 11.4. The second-order valence-corrected chi connectivity index (χ2v) is 7.27. The largest absolute Gasteiger partial charge is 0.409 e. The molecule has 112 valence electrons. The Morgan fingerprint density at radius 2 is 1.84 bits per heavy atom. The molecule has 0 aromatic rings. The van der Waals surface area contributed by atoms with Crippen LogP contribution in [-0.4, -0.2) is 80.0 Å². The SMILES string of the molecule is CCS(=O)(=O)CCCN1CCN(CC(N)=NO)CC1. The third-order valence-electron chi connectivity index (χ3n) is 3.35. The molecule has 19 heavy (non-hydrogen) atoms. The maximum Gasteiger partial charge on any atom is 0.153 e. The van der Waals surface area contributed by atoms with Crippen LogP contribution in [0.15, 0.2) is 5.16 Å². The zero-order valence-corrected chi connectivity index (χ0v) is 12.3. The fourth-order valence-corrected chi connectivity index (χ4v) is 2.94. The third kappa shape index (κ3) is 6.22. The Morgan fingerprint density at radius 1 is 1.26 bits per heavy atom. The van der Waals surface area contributed by atoms with E-state index in [1.165, 1.54) is 0 Å². The number of amidine groups is 1. The highest BCUT2D eigenvalue weighted by atomic mass is 32.2.